The average molecular weight is 313 g/mol. The third-order valence-corrected chi connectivity index (χ3v) is 3.92. The van der Waals surface area contributed by atoms with Crippen LogP contribution >= 0.6 is 0 Å². The van der Waals surface area contributed by atoms with Gasteiger partial charge in [-0.25, -0.2) is 14.6 Å². The van der Waals surface area contributed by atoms with E-state index in [1.807, 2.05) is 0 Å². The van der Waals surface area contributed by atoms with Crippen LogP contribution in [0.3, 0.4) is 0 Å². The number of rotatable bonds is 3. The summed E-state index contributed by atoms with van der Waals surface area (Å²) >= 11 is 0. The predicted octanol–water partition coefficient (Wildman–Crippen LogP) is -0.174. The molecular formula is C13H15NO8. The molecule has 0 aromatic carbocycles. The second-order valence-corrected chi connectivity index (χ2v) is 5.48. The van der Waals surface area contributed by atoms with Gasteiger partial charge in [0.2, 0.25) is 5.76 Å². The number of cyclic esters (lactones) is 2. The molecule has 0 aromatic rings. The molecule has 0 bridgehead atoms. The standard InChI is InChI=1S/C13H15NO8/c1-5-14-13(2)8(20-5)3-6(11(16)17)21-10(13)9(15)7-4-19-12(18)22-7/h3,7-10,15H,4H2,1-2H3,(H,16,17)/t7-,8-,9-,10+,13+/m1/s1. The number of aliphatic hydroxyl groups is 1. The minimum Gasteiger partial charge on any atom is -0.478 e. The number of aliphatic imine (C=N–C) groups is 1. The molecule has 5 atom stereocenters. The number of aliphatic carboxylic acids is 1. The number of carboxylic acids is 1. The van der Waals surface area contributed by atoms with E-state index in [1.165, 1.54) is 6.08 Å². The van der Waals surface area contributed by atoms with Crippen LogP contribution in [0, 0.1) is 0 Å². The Morgan fingerprint density at radius 2 is 2.18 bits per heavy atom. The van der Waals surface area contributed by atoms with Crippen molar-refractivity contribution in [2.45, 2.75) is 43.8 Å². The van der Waals surface area contributed by atoms with Crippen LogP contribution in [0.25, 0.3) is 0 Å². The highest BCUT2D eigenvalue weighted by atomic mass is 16.8. The Kier molecular flexibility index (Phi) is 3.24. The number of aliphatic hydroxyl groups excluding tert-OH is 1. The van der Waals surface area contributed by atoms with Crippen molar-refractivity contribution in [2.75, 3.05) is 6.61 Å². The third kappa shape index (κ3) is 2.17. The predicted molar refractivity (Wildman–Crippen MR) is 69.2 cm³/mol. The first-order valence-corrected chi connectivity index (χ1v) is 6.67. The van der Waals surface area contributed by atoms with Crippen LogP contribution in [-0.4, -0.2) is 64.8 Å². The van der Waals surface area contributed by atoms with Gasteiger partial charge in [0.05, 0.1) is 0 Å². The van der Waals surface area contributed by atoms with E-state index in [4.69, 9.17) is 19.3 Å². The molecule has 9 heteroatoms. The lowest BCUT2D eigenvalue weighted by Crippen LogP contribution is -2.58. The van der Waals surface area contributed by atoms with Crippen molar-refractivity contribution >= 4 is 18.0 Å². The van der Waals surface area contributed by atoms with Crippen LogP contribution in [-0.2, 0) is 23.7 Å². The average Bonchev–Trinajstić information content (AvgIpc) is 2.98. The van der Waals surface area contributed by atoms with Gasteiger partial charge in [-0.15, -0.1) is 0 Å². The summed E-state index contributed by atoms with van der Waals surface area (Å²) < 4.78 is 20.4. The van der Waals surface area contributed by atoms with Gasteiger partial charge in [0.1, 0.15) is 18.2 Å². The molecule has 3 aliphatic rings. The summed E-state index contributed by atoms with van der Waals surface area (Å²) in [7, 11) is 0. The maximum atomic E-state index is 11.2. The second-order valence-electron chi connectivity index (χ2n) is 5.48. The quantitative estimate of drug-likeness (QED) is 0.688. The molecule has 22 heavy (non-hydrogen) atoms. The molecule has 0 radical (unpaired) electrons. The monoisotopic (exact) mass is 313 g/mol. The van der Waals surface area contributed by atoms with Crippen LogP contribution in [0.4, 0.5) is 4.79 Å². The number of hydrogen-bond acceptors (Lipinski definition) is 8. The summed E-state index contributed by atoms with van der Waals surface area (Å²) in [5, 5.41) is 19.6. The normalized spacial score (nSPS) is 37.8. The van der Waals surface area contributed by atoms with Crippen LogP contribution in [0.2, 0.25) is 0 Å². The Balaban J connectivity index is 1.92. The Bertz CT molecular complexity index is 585. The molecule has 0 spiro atoms. The van der Waals surface area contributed by atoms with Gasteiger partial charge >= 0.3 is 12.1 Å². The molecule has 0 unspecified atom stereocenters. The molecule has 1 saturated heterocycles. The smallest absolute Gasteiger partial charge is 0.478 e. The molecular weight excluding hydrogens is 298 g/mol. The van der Waals surface area contributed by atoms with Crippen LogP contribution < -0.4 is 0 Å². The van der Waals surface area contributed by atoms with Gasteiger partial charge in [-0.3, -0.25) is 0 Å². The second kappa shape index (κ2) is 4.87. The Labute approximate surface area is 125 Å². The molecule has 120 valence electrons. The summed E-state index contributed by atoms with van der Waals surface area (Å²) in [6, 6.07) is 0. The van der Waals surface area contributed by atoms with Gasteiger partial charge in [-0.05, 0) is 6.92 Å². The van der Waals surface area contributed by atoms with E-state index < -0.39 is 42.1 Å². The van der Waals surface area contributed by atoms with Gasteiger partial charge < -0.3 is 29.2 Å². The Morgan fingerprint density at radius 1 is 1.45 bits per heavy atom. The Morgan fingerprint density at radius 3 is 2.77 bits per heavy atom. The zero-order valence-electron chi connectivity index (χ0n) is 11.9. The zero-order chi connectivity index (χ0) is 16.1. The van der Waals surface area contributed by atoms with Gasteiger partial charge in [-0.1, -0.05) is 0 Å². The van der Waals surface area contributed by atoms with E-state index in [1.54, 1.807) is 13.8 Å². The zero-order valence-corrected chi connectivity index (χ0v) is 11.9. The van der Waals surface area contributed by atoms with Crippen LogP contribution in [0.1, 0.15) is 13.8 Å². The third-order valence-electron chi connectivity index (χ3n) is 3.92. The summed E-state index contributed by atoms with van der Waals surface area (Å²) in [6.07, 6.45) is -3.61. The highest BCUT2D eigenvalue weighted by Crippen LogP contribution is 2.39. The summed E-state index contributed by atoms with van der Waals surface area (Å²) in [6.45, 7) is 3.16. The highest BCUT2D eigenvalue weighted by Gasteiger charge is 2.57. The van der Waals surface area contributed by atoms with E-state index in [2.05, 4.69) is 9.73 Å². The number of carboxylic acid groups (broad SMARTS) is 1. The molecule has 0 aliphatic carbocycles. The summed E-state index contributed by atoms with van der Waals surface area (Å²) in [4.78, 5) is 26.5. The van der Waals surface area contributed by atoms with Gasteiger partial charge in [0, 0.05) is 13.0 Å². The minimum absolute atomic E-state index is 0.143. The van der Waals surface area contributed by atoms with Crippen LogP contribution in [0.15, 0.2) is 16.8 Å². The number of ether oxygens (including phenoxy) is 4. The van der Waals surface area contributed by atoms with Crippen molar-refractivity contribution < 1.29 is 38.7 Å². The lowest BCUT2D eigenvalue weighted by Gasteiger charge is -2.40. The fourth-order valence-electron chi connectivity index (χ4n) is 2.84. The lowest BCUT2D eigenvalue weighted by molar-refractivity contribution is -0.147. The summed E-state index contributed by atoms with van der Waals surface area (Å²) in [5.74, 6) is -1.27. The number of fused-ring (bicyclic) bond motifs is 1. The van der Waals surface area contributed by atoms with E-state index in [-0.39, 0.29) is 12.4 Å². The lowest BCUT2D eigenvalue weighted by atomic mass is 9.82. The van der Waals surface area contributed by atoms with Crippen molar-refractivity contribution in [3.05, 3.63) is 11.8 Å². The van der Waals surface area contributed by atoms with Crippen molar-refractivity contribution in [3.8, 4) is 0 Å². The maximum absolute atomic E-state index is 11.2. The fourth-order valence-corrected chi connectivity index (χ4v) is 2.84. The largest absolute Gasteiger partial charge is 0.508 e. The molecule has 9 nitrogen and oxygen atoms in total. The van der Waals surface area contributed by atoms with Gasteiger partial charge in [0.25, 0.3) is 0 Å². The van der Waals surface area contributed by atoms with E-state index >= 15 is 0 Å². The first-order valence-electron chi connectivity index (χ1n) is 6.67. The topological polar surface area (TPSA) is 124 Å². The number of carbonyl (C=O) groups excluding carboxylic acids is 1. The molecule has 2 N–H and O–H groups in total. The molecule has 0 amide bonds. The molecule has 0 saturated carbocycles. The van der Waals surface area contributed by atoms with E-state index in [9.17, 15) is 14.7 Å². The molecule has 0 aromatic heterocycles. The maximum Gasteiger partial charge on any atom is 0.508 e. The van der Waals surface area contributed by atoms with Crippen molar-refractivity contribution in [1.82, 2.24) is 0 Å². The van der Waals surface area contributed by atoms with E-state index in [0.717, 1.165) is 0 Å². The molecule has 3 rings (SSSR count). The SMILES string of the molecule is CC1=N[C@@]2(C)[C@@H](C=C(C(=O)O)O[C@H]2[C@H](O)[C@H]2COC(=O)O2)O1. The van der Waals surface area contributed by atoms with Crippen molar-refractivity contribution in [2.24, 2.45) is 4.99 Å². The van der Waals surface area contributed by atoms with Crippen molar-refractivity contribution in [3.63, 3.8) is 0 Å². The highest BCUT2D eigenvalue weighted by molar-refractivity contribution is 5.85. The number of carbonyl (C=O) groups is 2. The van der Waals surface area contributed by atoms with Crippen LogP contribution in [0.5, 0.6) is 0 Å². The van der Waals surface area contributed by atoms with E-state index in [0.29, 0.717) is 5.90 Å². The van der Waals surface area contributed by atoms with Gasteiger partial charge in [-0.2, -0.15) is 0 Å². The number of nitrogens with zero attached hydrogens (tertiary/aromatic N) is 1. The first kappa shape index (κ1) is 14.6. The fraction of sp³-hybridized carbons (Fsp3) is 0.615. The van der Waals surface area contributed by atoms with Crippen molar-refractivity contribution in [1.29, 1.82) is 0 Å². The minimum atomic E-state index is -1.32. The first-order chi connectivity index (χ1) is 10.3. The Hall–Kier alpha value is -2.29. The summed E-state index contributed by atoms with van der Waals surface area (Å²) in [5.41, 5.74) is -1.03. The molecule has 3 heterocycles. The van der Waals surface area contributed by atoms with Gasteiger partial charge in [0.15, 0.2) is 24.2 Å². The molecule has 3 aliphatic heterocycles. The number of hydrogen-bond donors (Lipinski definition) is 2. The molecule has 1 fully saturated rings.